The van der Waals surface area contributed by atoms with Gasteiger partial charge in [-0.25, -0.2) is 0 Å². The van der Waals surface area contributed by atoms with Crippen LogP contribution in [0.2, 0.25) is 0 Å². The Kier molecular flexibility index (Phi) is 9.20. The summed E-state index contributed by atoms with van der Waals surface area (Å²) in [5.74, 6) is -0.477. The summed E-state index contributed by atoms with van der Waals surface area (Å²) < 4.78 is 7.45. The van der Waals surface area contributed by atoms with Crippen molar-refractivity contribution >= 4 is 29.7 Å². The molecule has 0 bridgehead atoms. The first-order valence-electron chi connectivity index (χ1n) is 12.6. The van der Waals surface area contributed by atoms with Gasteiger partial charge in [-0.3, -0.25) is 24.6 Å². The second-order valence-corrected chi connectivity index (χ2v) is 10.1. The molecule has 0 spiro atoms. The van der Waals surface area contributed by atoms with Crippen LogP contribution < -0.4 is 10.1 Å². The number of likely N-dealkylation sites (tertiary alicyclic amines) is 1. The fourth-order valence-electron chi connectivity index (χ4n) is 4.69. The van der Waals surface area contributed by atoms with Gasteiger partial charge in [0.25, 0.3) is 5.91 Å². The van der Waals surface area contributed by atoms with Gasteiger partial charge in [0, 0.05) is 43.2 Å². The van der Waals surface area contributed by atoms with E-state index in [2.05, 4.69) is 34.5 Å². The first kappa shape index (κ1) is 27.1. The summed E-state index contributed by atoms with van der Waals surface area (Å²) in [5.41, 5.74) is 3.53. The van der Waals surface area contributed by atoms with Gasteiger partial charge in [0.15, 0.2) is 0 Å². The lowest BCUT2D eigenvalue weighted by atomic mass is 10.0. The standard InChI is InChI=1S/C27H34N4O5S/c1-3-25(32)28-26(33)17-30-16-23-22(27(30)34)5-4-6-24(23)36-18-20-9-7-19(8-10-20)15-29-13-11-21(12-14-29)31(35)37-2/h4-10,21,35H,3,11-18H2,1-2H3,(H,28,32,33). The zero-order valence-corrected chi connectivity index (χ0v) is 22.1. The van der Waals surface area contributed by atoms with Crippen LogP contribution in [0.1, 0.15) is 53.2 Å². The van der Waals surface area contributed by atoms with Crippen LogP contribution in [0.3, 0.4) is 0 Å². The molecule has 0 atom stereocenters. The number of carbonyl (C=O) groups excluding carboxylic acids is 3. The normalized spacial score (nSPS) is 16.2. The highest BCUT2D eigenvalue weighted by atomic mass is 32.2. The summed E-state index contributed by atoms with van der Waals surface area (Å²) in [6.07, 6.45) is 3.99. The minimum atomic E-state index is -0.490. The molecule has 1 saturated heterocycles. The number of carbonyl (C=O) groups is 3. The lowest BCUT2D eigenvalue weighted by Crippen LogP contribution is -2.40. The number of hydrogen-bond donors (Lipinski definition) is 2. The Hall–Kier alpha value is -2.92. The van der Waals surface area contributed by atoms with E-state index in [4.69, 9.17) is 4.74 Å². The van der Waals surface area contributed by atoms with Crippen LogP contribution in [0, 0.1) is 0 Å². The van der Waals surface area contributed by atoms with E-state index in [0.717, 1.165) is 43.6 Å². The average Bonchev–Trinajstić information content (AvgIpc) is 3.23. The average molecular weight is 527 g/mol. The predicted molar refractivity (Wildman–Crippen MR) is 141 cm³/mol. The van der Waals surface area contributed by atoms with Gasteiger partial charge in [0.2, 0.25) is 11.8 Å². The van der Waals surface area contributed by atoms with E-state index in [-0.39, 0.29) is 37.4 Å². The smallest absolute Gasteiger partial charge is 0.255 e. The third kappa shape index (κ3) is 6.89. The highest BCUT2D eigenvalue weighted by Gasteiger charge is 2.31. The molecule has 2 aromatic carbocycles. The third-order valence-electron chi connectivity index (χ3n) is 6.81. The van der Waals surface area contributed by atoms with Crippen LogP contribution in [-0.2, 0) is 29.3 Å². The Morgan fingerprint density at radius 2 is 1.81 bits per heavy atom. The topological polar surface area (TPSA) is 102 Å². The van der Waals surface area contributed by atoms with Crippen LogP contribution in [-0.4, -0.2) is 69.1 Å². The van der Waals surface area contributed by atoms with Crippen LogP contribution in [0.15, 0.2) is 42.5 Å². The number of benzene rings is 2. The van der Waals surface area contributed by atoms with Crippen molar-refractivity contribution in [2.75, 3.05) is 25.9 Å². The van der Waals surface area contributed by atoms with Crippen molar-refractivity contribution in [1.29, 1.82) is 0 Å². The lowest BCUT2D eigenvalue weighted by molar-refractivity contribution is -0.130. The number of imide groups is 1. The quantitative estimate of drug-likeness (QED) is 0.360. The summed E-state index contributed by atoms with van der Waals surface area (Å²) in [6.45, 7) is 4.91. The number of hydrogen-bond acceptors (Lipinski definition) is 8. The molecule has 4 rings (SSSR count). The van der Waals surface area contributed by atoms with Crippen molar-refractivity contribution in [2.24, 2.45) is 0 Å². The van der Waals surface area contributed by atoms with Gasteiger partial charge in [-0.05, 0) is 42.4 Å². The fourth-order valence-corrected chi connectivity index (χ4v) is 5.20. The highest BCUT2D eigenvalue weighted by Crippen LogP contribution is 2.31. The van der Waals surface area contributed by atoms with Gasteiger partial charge < -0.3 is 14.8 Å². The number of ether oxygens (including phenoxy) is 1. The van der Waals surface area contributed by atoms with Crippen molar-refractivity contribution < 1.29 is 24.3 Å². The molecule has 1 fully saturated rings. The second-order valence-electron chi connectivity index (χ2n) is 9.37. The molecule has 0 radical (unpaired) electrons. The molecule has 198 valence electrons. The number of hydroxylamine groups is 1. The molecule has 9 nitrogen and oxygen atoms in total. The Balaban J connectivity index is 1.29. The summed E-state index contributed by atoms with van der Waals surface area (Å²) in [4.78, 5) is 40.2. The van der Waals surface area contributed by atoms with E-state index in [1.807, 2.05) is 12.3 Å². The molecular formula is C27H34N4O5S. The van der Waals surface area contributed by atoms with Crippen molar-refractivity contribution in [2.45, 2.75) is 51.9 Å². The van der Waals surface area contributed by atoms with E-state index in [0.29, 0.717) is 17.9 Å². The molecule has 0 saturated carbocycles. The molecule has 0 aromatic heterocycles. The van der Waals surface area contributed by atoms with Crippen molar-refractivity contribution in [1.82, 2.24) is 19.6 Å². The predicted octanol–water partition coefficient (Wildman–Crippen LogP) is 3.21. The van der Waals surface area contributed by atoms with Gasteiger partial charge in [-0.15, -0.1) is 4.47 Å². The van der Waals surface area contributed by atoms with Crippen molar-refractivity contribution in [3.05, 3.63) is 64.7 Å². The van der Waals surface area contributed by atoms with E-state index in [9.17, 15) is 19.6 Å². The maximum Gasteiger partial charge on any atom is 0.255 e. The van der Waals surface area contributed by atoms with Gasteiger partial charge in [0.05, 0.1) is 6.54 Å². The molecule has 0 aliphatic carbocycles. The first-order valence-corrected chi connectivity index (χ1v) is 13.7. The molecule has 37 heavy (non-hydrogen) atoms. The van der Waals surface area contributed by atoms with Gasteiger partial charge in [0.1, 0.15) is 18.9 Å². The fraction of sp³-hybridized carbons (Fsp3) is 0.444. The monoisotopic (exact) mass is 526 g/mol. The van der Waals surface area contributed by atoms with Crippen molar-refractivity contribution in [3.63, 3.8) is 0 Å². The summed E-state index contributed by atoms with van der Waals surface area (Å²) in [5, 5.41) is 12.2. The van der Waals surface area contributed by atoms with Gasteiger partial charge in [-0.2, -0.15) is 0 Å². The molecule has 2 N–H and O–H groups in total. The van der Waals surface area contributed by atoms with E-state index >= 15 is 0 Å². The molecule has 2 aromatic rings. The third-order valence-corrected chi connectivity index (χ3v) is 7.49. The van der Waals surface area contributed by atoms with E-state index in [1.165, 1.54) is 26.9 Å². The number of amides is 3. The molecule has 2 aliphatic rings. The Labute approximate surface area is 221 Å². The zero-order valence-electron chi connectivity index (χ0n) is 21.3. The first-order chi connectivity index (χ1) is 17.9. The Morgan fingerprint density at radius 3 is 2.49 bits per heavy atom. The largest absolute Gasteiger partial charge is 0.489 e. The van der Waals surface area contributed by atoms with Gasteiger partial charge >= 0.3 is 0 Å². The molecule has 2 aliphatic heterocycles. The summed E-state index contributed by atoms with van der Waals surface area (Å²) in [7, 11) is 0. The zero-order chi connectivity index (χ0) is 26.4. The number of nitrogens with zero attached hydrogens (tertiary/aromatic N) is 3. The second kappa shape index (κ2) is 12.6. The number of nitrogens with one attached hydrogen (secondary N) is 1. The maximum atomic E-state index is 12.8. The minimum Gasteiger partial charge on any atom is -0.489 e. The van der Waals surface area contributed by atoms with Crippen LogP contribution in [0.4, 0.5) is 0 Å². The summed E-state index contributed by atoms with van der Waals surface area (Å²) in [6, 6.07) is 13.9. The summed E-state index contributed by atoms with van der Waals surface area (Å²) >= 11 is 1.36. The van der Waals surface area contributed by atoms with Gasteiger partial charge in [-0.1, -0.05) is 49.2 Å². The molecule has 2 heterocycles. The van der Waals surface area contributed by atoms with Crippen LogP contribution in [0.5, 0.6) is 5.75 Å². The Morgan fingerprint density at radius 1 is 1.11 bits per heavy atom. The van der Waals surface area contributed by atoms with E-state index < -0.39 is 5.91 Å². The van der Waals surface area contributed by atoms with E-state index in [1.54, 1.807) is 19.1 Å². The molecule has 10 heteroatoms. The SMILES string of the molecule is CCC(=O)NC(=O)CN1Cc2c(OCc3ccc(CN4CCC(N(O)SC)CC4)cc3)cccc2C1=O. The number of rotatable bonds is 10. The Bertz CT molecular complexity index is 1120. The number of piperidine rings is 1. The van der Waals surface area contributed by atoms with Crippen molar-refractivity contribution in [3.8, 4) is 5.75 Å². The van der Waals surface area contributed by atoms with Crippen LogP contribution >= 0.6 is 11.9 Å². The maximum absolute atomic E-state index is 12.8. The lowest BCUT2D eigenvalue weighted by Gasteiger charge is -2.34. The molecular weight excluding hydrogens is 492 g/mol. The number of fused-ring (bicyclic) bond motifs is 1. The molecule has 0 unspecified atom stereocenters. The van der Waals surface area contributed by atoms with Crippen LogP contribution in [0.25, 0.3) is 0 Å². The minimum absolute atomic E-state index is 0.173. The molecule has 3 amide bonds. The highest BCUT2D eigenvalue weighted by molar-refractivity contribution is 7.96.